The number of piperazine rings is 1. The van der Waals surface area contributed by atoms with Gasteiger partial charge in [0.05, 0.1) is 11.9 Å². The zero-order chi connectivity index (χ0) is 16.4. The first kappa shape index (κ1) is 15.2. The lowest BCUT2D eigenvalue weighted by Gasteiger charge is -2.30. The van der Waals surface area contributed by atoms with Crippen LogP contribution < -0.4 is 10.3 Å². The van der Waals surface area contributed by atoms with E-state index in [1.165, 1.54) is 0 Å². The predicted molar refractivity (Wildman–Crippen MR) is 96.7 cm³/mol. The number of benzene rings is 1. The van der Waals surface area contributed by atoms with E-state index in [-0.39, 0.29) is 0 Å². The average Bonchev–Trinajstić information content (AvgIpc) is 3.09. The Balaban J connectivity index is 1.85. The molecule has 1 aliphatic heterocycles. The van der Waals surface area contributed by atoms with Crippen LogP contribution in [0, 0.1) is 0 Å². The third-order valence-corrected chi connectivity index (χ3v) is 4.47. The highest BCUT2D eigenvalue weighted by Crippen LogP contribution is 2.32. The molecule has 1 N–H and O–H groups in total. The minimum Gasteiger partial charge on any atom is -0.313 e. The number of nitrogens with zero attached hydrogens (tertiary/aromatic N) is 4. The molecule has 24 heavy (non-hydrogen) atoms. The van der Waals surface area contributed by atoms with E-state index in [0.29, 0.717) is 0 Å². The standard InChI is InChI=1S/C18H18ClN5/c19-16-3-1-15(2-4-16)18-17(14-5-7-20-8-6-14)13-22-24(18)23-11-9-21-10-12-23/h1-8,13,21H,9-12H2. The maximum atomic E-state index is 6.07. The molecule has 0 bridgehead atoms. The van der Waals surface area contributed by atoms with Gasteiger partial charge in [-0.3, -0.25) is 9.99 Å². The zero-order valence-electron chi connectivity index (χ0n) is 13.2. The van der Waals surface area contributed by atoms with Crippen molar-refractivity contribution in [1.82, 2.24) is 20.2 Å². The van der Waals surface area contributed by atoms with Gasteiger partial charge >= 0.3 is 0 Å². The molecule has 1 aromatic carbocycles. The molecule has 3 aromatic rings. The van der Waals surface area contributed by atoms with Crippen molar-refractivity contribution in [3.8, 4) is 22.4 Å². The van der Waals surface area contributed by atoms with Gasteiger partial charge in [-0.1, -0.05) is 23.7 Å². The predicted octanol–water partition coefficient (Wildman–Crippen LogP) is 2.81. The second-order valence-electron chi connectivity index (χ2n) is 5.74. The second-order valence-corrected chi connectivity index (χ2v) is 6.18. The minimum absolute atomic E-state index is 0.734. The summed E-state index contributed by atoms with van der Waals surface area (Å²) in [5.74, 6) is 0. The molecule has 0 saturated carbocycles. The van der Waals surface area contributed by atoms with E-state index < -0.39 is 0 Å². The van der Waals surface area contributed by atoms with E-state index in [4.69, 9.17) is 11.6 Å². The van der Waals surface area contributed by atoms with E-state index >= 15 is 0 Å². The highest BCUT2D eigenvalue weighted by molar-refractivity contribution is 6.30. The largest absolute Gasteiger partial charge is 0.313 e. The van der Waals surface area contributed by atoms with Gasteiger partial charge in [-0.15, -0.1) is 0 Å². The molecular formula is C18H18ClN5. The molecule has 2 aromatic heterocycles. The Morgan fingerprint density at radius 1 is 0.917 bits per heavy atom. The summed E-state index contributed by atoms with van der Waals surface area (Å²) in [6.07, 6.45) is 5.55. The van der Waals surface area contributed by atoms with Crippen LogP contribution in [0.25, 0.3) is 22.4 Å². The van der Waals surface area contributed by atoms with Gasteiger partial charge in [0.25, 0.3) is 0 Å². The van der Waals surface area contributed by atoms with Crippen molar-refractivity contribution < 1.29 is 0 Å². The van der Waals surface area contributed by atoms with Gasteiger partial charge in [0.15, 0.2) is 0 Å². The summed E-state index contributed by atoms with van der Waals surface area (Å²) in [4.78, 5) is 6.15. The first-order valence-corrected chi connectivity index (χ1v) is 8.41. The third-order valence-electron chi connectivity index (χ3n) is 4.22. The van der Waals surface area contributed by atoms with Crippen LogP contribution in [-0.2, 0) is 0 Å². The molecule has 4 rings (SSSR count). The summed E-state index contributed by atoms with van der Waals surface area (Å²) >= 11 is 6.07. The summed E-state index contributed by atoms with van der Waals surface area (Å²) < 4.78 is 0. The summed E-state index contributed by atoms with van der Waals surface area (Å²) in [5, 5.41) is 11.1. The molecule has 0 atom stereocenters. The fourth-order valence-corrected chi connectivity index (χ4v) is 3.14. The average molecular weight is 340 g/mol. The summed E-state index contributed by atoms with van der Waals surface area (Å²) in [7, 11) is 0. The first-order valence-electron chi connectivity index (χ1n) is 8.03. The van der Waals surface area contributed by atoms with Crippen molar-refractivity contribution in [2.24, 2.45) is 0 Å². The van der Waals surface area contributed by atoms with Crippen LogP contribution in [0.15, 0.2) is 55.0 Å². The van der Waals surface area contributed by atoms with E-state index in [1.807, 2.05) is 59.8 Å². The molecule has 0 unspecified atom stereocenters. The smallest absolute Gasteiger partial charge is 0.0998 e. The number of rotatable bonds is 3. The summed E-state index contributed by atoms with van der Waals surface area (Å²) in [5.41, 5.74) is 4.39. The Morgan fingerprint density at radius 3 is 2.33 bits per heavy atom. The van der Waals surface area contributed by atoms with Gasteiger partial charge in [-0.25, -0.2) is 0 Å². The molecule has 1 fully saturated rings. The maximum Gasteiger partial charge on any atom is 0.0998 e. The van der Waals surface area contributed by atoms with Crippen molar-refractivity contribution in [3.63, 3.8) is 0 Å². The minimum atomic E-state index is 0.734. The number of aromatic nitrogens is 3. The Bertz CT molecular complexity index is 807. The number of hydrogen-bond donors (Lipinski definition) is 1. The molecule has 0 amide bonds. The fraction of sp³-hybridized carbons (Fsp3) is 0.222. The van der Waals surface area contributed by atoms with Crippen molar-refractivity contribution in [1.29, 1.82) is 0 Å². The fourth-order valence-electron chi connectivity index (χ4n) is 3.02. The molecule has 5 nitrogen and oxygen atoms in total. The Labute approximate surface area is 145 Å². The number of pyridine rings is 1. The lowest BCUT2D eigenvalue weighted by Crippen LogP contribution is -2.49. The Hall–Kier alpha value is -2.37. The van der Waals surface area contributed by atoms with Crippen LogP contribution in [0.1, 0.15) is 0 Å². The van der Waals surface area contributed by atoms with Gasteiger partial charge in [-0.2, -0.15) is 9.89 Å². The van der Waals surface area contributed by atoms with Crippen LogP contribution in [0.5, 0.6) is 0 Å². The van der Waals surface area contributed by atoms with Gasteiger partial charge < -0.3 is 5.32 Å². The molecule has 1 saturated heterocycles. The molecule has 0 spiro atoms. The topological polar surface area (TPSA) is 46.0 Å². The Morgan fingerprint density at radius 2 is 1.62 bits per heavy atom. The molecule has 6 heteroatoms. The van der Waals surface area contributed by atoms with Gasteiger partial charge in [0.1, 0.15) is 0 Å². The van der Waals surface area contributed by atoms with Crippen LogP contribution in [0.3, 0.4) is 0 Å². The van der Waals surface area contributed by atoms with Crippen molar-refractivity contribution >= 4 is 11.6 Å². The van der Waals surface area contributed by atoms with Crippen LogP contribution >= 0.6 is 11.6 Å². The van der Waals surface area contributed by atoms with Gasteiger partial charge in [0.2, 0.25) is 0 Å². The van der Waals surface area contributed by atoms with Crippen molar-refractivity contribution in [2.45, 2.75) is 0 Å². The normalized spacial score (nSPS) is 14.8. The van der Waals surface area contributed by atoms with Crippen LogP contribution in [0.4, 0.5) is 0 Å². The van der Waals surface area contributed by atoms with E-state index in [0.717, 1.165) is 53.6 Å². The van der Waals surface area contributed by atoms with Crippen LogP contribution in [0.2, 0.25) is 5.02 Å². The highest BCUT2D eigenvalue weighted by Gasteiger charge is 2.20. The molecule has 0 aliphatic carbocycles. The van der Waals surface area contributed by atoms with Gasteiger partial charge in [-0.05, 0) is 29.8 Å². The molecule has 1 aliphatic rings. The quantitative estimate of drug-likeness (QED) is 0.797. The third kappa shape index (κ3) is 2.88. The zero-order valence-corrected chi connectivity index (χ0v) is 13.9. The number of hydrogen-bond acceptors (Lipinski definition) is 4. The van der Waals surface area contributed by atoms with Crippen molar-refractivity contribution in [3.05, 3.63) is 60.0 Å². The molecular weight excluding hydrogens is 322 g/mol. The lowest BCUT2D eigenvalue weighted by atomic mass is 10.0. The molecule has 3 heterocycles. The summed E-state index contributed by atoms with van der Waals surface area (Å²) in [6.45, 7) is 3.78. The number of halogens is 1. The van der Waals surface area contributed by atoms with E-state index in [2.05, 4.69) is 20.4 Å². The van der Waals surface area contributed by atoms with Crippen LogP contribution in [-0.4, -0.2) is 41.1 Å². The second kappa shape index (κ2) is 6.63. The molecule has 0 radical (unpaired) electrons. The number of nitrogens with one attached hydrogen (secondary N) is 1. The van der Waals surface area contributed by atoms with Crippen molar-refractivity contribution in [2.75, 3.05) is 31.2 Å². The van der Waals surface area contributed by atoms with E-state index in [9.17, 15) is 0 Å². The Kier molecular flexibility index (Phi) is 4.19. The molecule has 122 valence electrons. The highest BCUT2D eigenvalue weighted by atomic mass is 35.5. The van der Waals surface area contributed by atoms with Gasteiger partial charge in [0, 0.05) is 54.7 Å². The maximum absolute atomic E-state index is 6.07. The SMILES string of the molecule is Clc1ccc(-c2c(-c3ccncc3)cnn2N2CCNCC2)cc1. The van der Waals surface area contributed by atoms with E-state index in [1.54, 1.807) is 0 Å². The monoisotopic (exact) mass is 339 g/mol. The first-order chi connectivity index (χ1) is 11.8. The summed E-state index contributed by atoms with van der Waals surface area (Å²) in [6, 6.07) is 12.0. The lowest BCUT2D eigenvalue weighted by molar-refractivity contribution is 0.464.